The molecule has 5 rings (SSSR count). The van der Waals surface area contributed by atoms with Gasteiger partial charge in [-0.3, -0.25) is 9.59 Å². The number of aliphatic hydroxyl groups is 1. The number of benzene rings is 3. The molecule has 8 heteroatoms. The minimum atomic E-state index is -0.849. The van der Waals surface area contributed by atoms with Crippen molar-refractivity contribution in [2.24, 2.45) is 0 Å². The summed E-state index contributed by atoms with van der Waals surface area (Å²) in [6, 6.07) is 18.7. The van der Waals surface area contributed by atoms with E-state index in [-0.39, 0.29) is 17.9 Å². The summed E-state index contributed by atoms with van der Waals surface area (Å²) in [5.74, 6) is 0.281. The van der Waals surface area contributed by atoms with Crippen LogP contribution in [0.25, 0.3) is 5.76 Å². The van der Waals surface area contributed by atoms with Crippen molar-refractivity contribution in [3.8, 4) is 23.0 Å². The molecule has 0 radical (unpaired) electrons. The van der Waals surface area contributed by atoms with E-state index in [9.17, 15) is 14.7 Å². The maximum atomic E-state index is 13.4. The lowest BCUT2D eigenvalue weighted by Gasteiger charge is -2.26. The third-order valence-electron chi connectivity index (χ3n) is 6.35. The number of fused-ring (bicyclic) bond motifs is 1. The van der Waals surface area contributed by atoms with E-state index in [0.29, 0.717) is 53.9 Å². The van der Waals surface area contributed by atoms with Gasteiger partial charge in [-0.15, -0.1) is 0 Å². The Bertz CT molecular complexity index is 1370. The number of nitrogens with zero attached hydrogens (tertiary/aromatic N) is 1. The number of ether oxygens (including phenoxy) is 4. The molecule has 1 atom stereocenters. The zero-order valence-electron chi connectivity index (χ0n) is 20.6. The number of carbonyl (C=O) groups excluding carboxylic acids is 2. The predicted molar refractivity (Wildman–Crippen MR) is 136 cm³/mol. The molecule has 1 saturated heterocycles. The van der Waals surface area contributed by atoms with E-state index in [1.165, 1.54) is 12.0 Å². The van der Waals surface area contributed by atoms with E-state index in [1.54, 1.807) is 36.4 Å². The van der Waals surface area contributed by atoms with E-state index < -0.39 is 17.7 Å². The second kappa shape index (κ2) is 10.3. The lowest BCUT2D eigenvalue weighted by atomic mass is 9.94. The van der Waals surface area contributed by atoms with Crippen LogP contribution in [-0.2, 0) is 16.1 Å². The van der Waals surface area contributed by atoms with Gasteiger partial charge in [-0.25, -0.2) is 0 Å². The van der Waals surface area contributed by atoms with Gasteiger partial charge in [0.25, 0.3) is 11.7 Å². The number of likely N-dealkylation sites (tertiary alicyclic amines) is 1. The van der Waals surface area contributed by atoms with Crippen LogP contribution in [0.1, 0.15) is 29.7 Å². The van der Waals surface area contributed by atoms with E-state index >= 15 is 0 Å². The van der Waals surface area contributed by atoms with Gasteiger partial charge in [0.05, 0.1) is 25.3 Å². The van der Waals surface area contributed by atoms with Crippen LogP contribution < -0.4 is 18.9 Å². The van der Waals surface area contributed by atoms with Gasteiger partial charge in [0, 0.05) is 12.1 Å². The molecule has 37 heavy (non-hydrogen) atoms. The van der Waals surface area contributed by atoms with Crippen molar-refractivity contribution < 1.29 is 33.6 Å². The second-order valence-electron chi connectivity index (χ2n) is 8.61. The Morgan fingerprint density at radius 3 is 2.46 bits per heavy atom. The van der Waals surface area contributed by atoms with Gasteiger partial charge in [-0.1, -0.05) is 36.4 Å². The number of ketones is 1. The van der Waals surface area contributed by atoms with Crippen molar-refractivity contribution in [3.05, 3.63) is 89.0 Å². The summed E-state index contributed by atoms with van der Waals surface area (Å²) in [5.41, 5.74) is 1.80. The topological polar surface area (TPSA) is 94.5 Å². The number of Topliss-reactive ketones (excluding diaryl/α,β-unsaturated/α-hetero) is 1. The summed E-state index contributed by atoms with van der Waals surface area (Å²) in [5, 5.41) is 11.4. The SMILES string of the molecule is CCOc1ccc(C2C(=C(O)c3ccc4c(c3)OCCO4)C(=O)C(=O)N2Cc2ccccc2)cc1OC. The molecular weight excluding hydrogens is 474 g/mol. The molecule has 0 aromatic heterocycles. The number of hydrogen-bond acceptors (Lipinski definition) is 7. The van der Waals surface area contributed by atoms with Gasteiger partial charge in [0.15, 0.2) is 23.0 Å². The number of carbonyl (C=O) groups is 2. The Morgan fingerprint density at radius 1 is 0.973 bits per heavy atom. The molecule has 190 valence electrons. The number of amides is 1. The molecule has 2 aliphatic rings. The maximum absolute atomic E-state index is 13.4. The average Bonchev–Trinajstić information content (AvgIpc) is 3.18. The molecule has 2 aliphatic heterocycles. The molecule has 1 N–H and O–H groups in total. The van der Waals surface area contributed by atoms with E-state index in [2.05, 4.69) is 0 Å². The largest absolute Gasteiger partial charge is 0.507 e. The van der Waals surface area contributed by atoms with E-state index in [1.807, 2.05) is 37.3 Å². The molecule has 1 fully saturated rings. The Morgan fingerprint density at radius 2 is 1.73 bits per heavy atom. The number of rotatable bonds is 7. The van der Waals surface area contributed by atoms with Crippen molar-refractivity contribution in [2.75, 3.05) is 26.9 Å². The van der Waals surface area contributed by atoms with Crippen LogP contribution in [0.5, 0.6) is 23.0 Å². The predicted octanol–water partition coefficient (Wildman–Crippen LogP) is 4.49. The molecular formula is C29H27NO7. The van der Waals surface area contributed by atoms with Gasteiger partial charge in [0.2, 0.25) is 0 Å². The Hall–Kier alpha value is -4.46. The Balaban J connectivity index is 1.65. The van der Waals surface area contributed by atoms with Crippen LogP contribution >= 0.6 is 0 Å². The fraction of sp³-hybridized carbons (Fsp3) is 0.241. The first kappa shape index (κ1) is 24.2. The van der Waals surface area contributed by atoms with Crippen molar-refractivity contribution in [1.29, 1.82) is 0 Å². The minimum absolute atomic E-state index is 0.0104. The summed E-state index contributed by atoms with van der Waals surface area (Å²) in [4.78, 5) is 28.2. The molecule has 0 spiro atoms. The van der Waals surface area contributed by atoms with Crippen molar-refractivity contribution >= 4 is 17.4 Å². The van der Waals surface area contributed by atoms with Gasteiger partial charge in [0.1, 0.15) is 19.0 Å². The molecule has 3 aromatic carbocycles. The first-order valence-corrected chi connectivity index (χ1v) is 12.0. The summed E-state index contributed by atoms with van der Waals surface area (Å²) >= 11 is 0. The molecule has 0 saturated carbocycles. The normalized spacial score (nSPS) is 18.1. The van der Waals surface area contributed by atoms with Gasteiger partial charge in [-0.2, -0.15) is 0 Å². The quantitative estimate of drug-likeness (QED) is 0.290. The fourth-order valence-corrected chi connectivity index (χ4v) is 4.64. The summed E-state index contributed by atoms with van der Waals surface area (Å²) in [7, 11) is 1.53. The minimum Gasteiger partial charge on any atom is -0.507 e. The maximum Gasteiger partial charge on any atom is 0.295 e. The third-order valence-corrected chi connectivity index (χ3v) is 6.35. The van der Waals surface area contributed by atoms with Crippen LogP contribution in [0.4, 0.5) is 0 Å². The Labute approximate surface area is 214 Å². The average molecular weight is 502 g/mol. The van der Waals surface area contributed by atoms with Crippen LogP contribution in [-0.4, -0.2) is 48.6 Å². The van der Waals surface area contributed by atoms with Crippen molar-refractivity contribution in [1.82, 2.24) is 4.90 Å². The van der Waals surface area contributed by atoms with Gasteiger partial charge < -0.3 is 29.0 Å². The van der Waals surface area contributed by atoms with Crippen LogP contribution in [0.15, 0.2) is 72.3 Å². The zero-order chi connectivity index (χ0) is 25.9. The number of aliphatic hydroxyl groups excluding tert-OH is 1. The van der Waals surface area contributed by atoms with Crippen LogP contribution in [0, 0.1) is 0 Å². The highest BCUT2D eigenvalue weighted by Gasteiger charge is 2.46. The highest BCUT2D eigenvalue weighted by Crippen LogP contribution is 2.43. The molecule has 1 amide bonds. The van der Waals surface area contributed by atoms with Crippen LogP contribution in [0.3, 0.4) is 0 Å². The van der Waals surface area contributed by atoms with Crippen molar-refractivity contribution in [3.63, 3.8) is 0 Å². The number of hydrogen-bond donors (Lipinski definition) is 1. The first-order chi connectivity index (χ1) is 18.0. The monoisotopic (exact) mass is 501 g/mol. The van der Waals surface area contributed by atoms with E-state index in [0.717, 1.165) is 5.56 Å². The van der Waals surface area contributed by atoms with Crippen molar-refractivity contribution in [2.45, 2.75) is 19.5 Å². The number of methoxy groups -OCH3 is 1. The zero-order valence-corrected chi connectivity index (χ0v) is 20.6. The molecule has 1 unspecified atom stereocenters. The van der Waals surface area contributed by atoms with Gasteiger partial charge >= 0.3 is 0 Å². The standard InChI is InChI=1S/C29H27NO7/c1-3-35-21-11-9-19(15-23(21)34-2)26-25(27(31)20-10-12-22-24(16-20)37-14-13-36-22)28(32)29(33)30(26)17-18-7-5-4-6-8-18/h4-12,15-16,26,31H,3,13-14,17H2,1-2H3. The second-order valence-corrected chi connectivity index (χ2v) is 8.61. The highest BCUT2D eigenvalue weighted by molar-refractivity contribution is 6.46. The van der Waals surface area contributed by atoms with E-state index in [4.69, 9.17) is 18.9 Å². The lowest BCUT2D eigenvalue weighted by Crippen LogP contribution is -2.29. The molecule has 0 aliphatic carbocycles. The molecule has 0 bridgehead atoms. The molecule has 8 nitrogen and oxygen atoms in total. The van der Waals surface area contributed by atoms with Crippen LogP contribution in [0.2, 0.25) is 0 Å². The summed E-state index contributed by atoms with van der Waals surface area (Å²) in [6.07, 6.45) is 0. The summed E-state index contributed by atoms with van der Waals surface area (Å²) < 4.78 is 22.4. The molecule has 3 aromatic rings. The fourth-order valence-electron chi connectivity index (χ4n) is 4.64. The highest BCUT2D eigenvalue weighted by atomic mass is 16.6. The molecule has 2 heterocycles. The Kier molecular flexibility index (Phi) is 6.72. The first-order valence-electron chi connectivity index (χ1n) is 12.0. The lowest BCUT2D eigenvalue weighted by molar-refractivity contribution is -0.140. The summed E-state index contributed by atoms with van der Waals surface area (Å²) in [6.45, 7) is 3.32. The smallest absolute Gasteiger partial charge is 0.295 e. The third kappa shape index (κ3) is 4.58. The van der Waals surface area contributed by atoms with Gasteiger partial charge in [-0.05, 0) is 48.4 Å².